The van der Waals surface area contributed by atoms with Crippen LogP contribution in [0.2, 0.25) is 5.02 Å². The average Bonchev–Trinajstić information content (AvgIpc) is 3.17. The van der Waals surface area contributed by atoms with Gasteiger partial charge in [-0.1, -0.05) is 35.9 Å². The van der Waals surface area contributed by atoms with E-state index < -0.39 is 25.1 Å². The lowest BCUT2D eigenvalue weighted by molar-refractivity contribution is 0.569. The molecule has 0 amide bonds. The van der Waals surface area contributed by atoms with Gasteiger partial charge in [0, 0.05) is 16.4 Å². The molecule has 2 aromatic carbocycles. The van der Waals surface area contributed by atoms with E-state index in [1.165, 1.54) is 47.7 Å². The molecule has 1 atom stereocenters. The summed E-state index contributed by atoms with van der Waals surface area (Å²) in [6.07, 6.45) is 0. The van der Waals surface area contributed by atoms with Crippen molar-refractivity contribution in [2.75, 3.05) is 6.54 Å². The number of nitrogens with one attached hydrogen (secondary N) is 1. The Morgan fingerprint density at radius 1 is 0.852 bits per heavy atom. The molecule has 0 fully saturated rings. The Bertz CT molecular complexity index is 1100. The Kier molecular flexibility index (Phi) is 6.02. The topological polar surface area (TPSA) is 80.3 Å². The van der Waals surface area contributed by atoms with E-state index in [-0.39, 0.29) is 16.3 Å². The minimum absolute atomic E-state index is 0.0222. The predicted octanol–water partition coefficient (Wildman–Crippen LogP) is 3.90. The smallest absolute Gasteiger partial charge is 0.223 e. The van der Waals surface area contributed by atoms with Crippen molar-refractivity contribution >= 4 is 42.8 Å². The third-order valence-electron chi connectivity index (χ3n) is 3.89. The molecule has 3 rings (SSSR count). The summed E-state index contributed by atoms with van der Waals surface area (Å²) >= 11 is 7.06. The number of sulfone groups is 1. The molecule has 1 heterocycles. The van der Waals surface area contributed by atoms with E-state index in [0.29, 0.717) is 9.90 Å². The second-order valence-electron chi connectivity index (χ2n) is 5.67. The van der Waals surface area contributed by atoms with Crippen LogP contribution in [0, 0.1) is 0 Å². The summed E-state index contributed by atoms with van der Waals surface area (Å²) in [5, 5.41) is 1.15. The van der Waals surface area contributed by atoms with Crippen LogP contribution >= 0.6 is 22.9 Å². The van der Waals surface area contributed by atoms with Crippen molar-refractivity contribution in [3.63, 3.8) is 0 Å². The maximum absolute atomic E-state index is 13.1. The molecule has 0 radical (unpaired) electrons. The second-order valence-corrected chi connectivity index (χ2v) is 11.0. The van der Waals surface area contributed by atoms with Crippen LogP contribution in [-0.2, 0) is 19.9 Å². The SMILES string of the molecule is O=S(=O)(NCC(c1cccs1)S(=O)(=O)c1ccccc1)c1ccc(Cl)cc1. The van der Waals surface area contributed by atoms with E-state index in [1.807, 2.05) is 0 Å². The standard InChI is InChI=1S/C18H16ClNO4S3/c19-14-8-10-16(11-9-14)27(23,24)20-13-18(17-7-4-12-25-17)26(21,22)15-5-2-1-3-6-15/h1-12,18,20H,13H2. The highest BCUT2D eigenvalue weighted by molar-refractivity contribution is 7.92. The summed E-state index contributed by atoms with van der Waals surface area (Å²) in [6.45, 7) is -0.275. The molecule has 1 unspecified atom stereocenters. The van der Waals surface area contributed by atoms with Crippen LogP contribution in [0.3, 0.4) is 0 Å². The Morgan fingerprint density at radius 2 is 1.52 bits per heavy atom. The van der Waals surface area contributed by atoms with Gasteiger partial charge in [0.25, 0.3) is 0 Å². The predicted molar refractivity (Wildman–Crippen MR) is 107 cm³/mol. The molecule has 0 aliphatic heterocycles. The van der Waals surface area contributed by atoms with E-state index in [1.54, 1.807) is 35.7 Å². The van der Waals surface area contributed by atoms with E-state index in [0.717, 1.165) is 0 Å². The molecule has 1 N–H and O–H groups in total. The lowest BCUT2D eigenvalue weighted by Crippen LogP contribution is -2.31. The van der Waals surface area contributed by atoms with Gasteiger partial charge >= 0.3 is 0 Å². The van der Waals surface area contributed by atoms with Gasteiger partial charge in [0.05, 0.1) is 9.79 Å². The molecule has 0 saturated heterocycles. The number of sulfonamides is 1. The lowest BCUT2D eigenvalue weighted by atomic mass is 10.3. The van der Waals surface area contributed by atoms with Crippen molar-refractivity contribution < 1.29 is 16.8 Å². The molecule has 3 aromatic rings. The van der Waals surface area contributed by atoms with Crippen LogP contribution in [0.5, 0.6) is 0 Å². The maximum atomic E-state index is 13.1. The van der Waals surface area contributed by atoms with E-state index >= 15 is 0 Å². The van der Waals surface area contributed by atoms with Gasteiger partial charge in [-0.25, -0.2) is 21.6 Å². The zero-order valence-corrected chi connectivity index (χ0v) is 17.2. The van der Waals surface area contributed by atoms with Crippen LogP contribution in [0.4, 0.5) is 0 Å². The van der Waals surface area contributed by atoms with Gasteiger partial charge in [0.1, 0.15) is 5.25 Å². The number of thiophene rings is 1. The van der Waals surface area contributed by atoms with Gasteiger partial charge in [0.2, 0.25) is 10.0 Å². The molecule has 0 saturated carbocycles. The van der Waals surface area contributed by atoms with Crippen molar-refractivity contribution in [2.24, 2.45) is 0 Å². The molecule has 0 spiro atoms. The summed E-state index contributed by atoms with van der Waals surface area (Å²) in [5.74, 6) is 0. The first kappa shape index (κ1) is 20.0. The highest BCUT2D eigenvalue weighted by atomic mass is 35.5. The Labute approximate surface area is 167 Å². The molecule has 5 nitrogen and oxygen atoms in total. The highest BCUT2D eigenvalue weighted by Gasteiger charge is 2.31. The van der Waals surface area contributed by atoms with Crippen LogP contribution in [0.25, 0.3) is 0 Å². The Balaban J connectivity index is 1.91. The van der Waals surface area contributed by atoms with E-state index in [4.69, 9.17) is 11.6 Å². The van der Waals surface area contributed by atoms with Crippen molar-refractivity contribution in [3.8, 4) is 0 Å². The van der Waals surface area contributed by atoms with Crippen LogP contribution in [-0.4, -0.2) is 23.4 Å². The fourth-order valence-corrected chi connectivity index (χ4v) is 6.58. The van der Waals surface area contributed by atoms with Crippen molar-refractivity contribution in [1.82, 2.24) is 4.72 Å². The summed E-state index contributed by atoms with van der Waals surface area (Å²) < 4.78 is 53.7. The highest BCUT2D eigenvalue weighted by Crippen LogP contribution is 2.31. The molecule has 0 aliphatic rings. The van der Waals surface area contributed by atoms with Gasteiger partial charge < -0.3 is 0 Å². The lowest BCUT2D eigenvalue weighted by Gasteiger charge is -2.17. The monoisotopic (exact) mass is 441 g/mol. The zero-order chi connectivity index (χ0) is 19.5. The Hall–Kier alpha value is -1.71. The van der Waals surface area contributed by atoms with E-state index in [9.17, 15) is 16.8 Å². The molecule has 0 bridgehead atoms. The average molecular weight is 442 g/mol. The van der Waals surface area contributed by atoms with E-state index in [2.05, 4.69) is 4.72 Å². The van der Waals surface area contributed by atoms with Crippen LogP contribution in [0.1, 0.15) is 10.1 Å². The first-order chi connectivity index (χ1) is 12.8. The van der Waals surface area contributed by atoms with Gasteiger partial charge in [0.15, 0.2) is 9.84 Å². The van der Waals surface area contributed by atoms with Gasteiger partial charge in [-0.3, -0.25) is 0 Å². The third-order valence-corrected chi connectivity index (χ3v) is 8.82. The normalized spacial score (nSPS) is 13.4. The quantitative estimate of drug-likeness (QED) is 0.603. The summed E-state index contributed by atoms with van der Waals surface area (Å²) in [6, 6.07) is 17.1. The first-order valence-corrected chi connectivity index (χ1v) is 12.2. The number of rotatable bonds is 7. The molecule has 142 valence electrons. The molecule has 27 heavy (non-hydrogen) atoms. The van der Waals surface area contributed by atoms with Gasteiger partial charge in [-0.15, -0.1) is 11.3 Å². The maximum Gasteiger partial charge on any atom is 0.240 e. The number of hydrogen-bond donors (Lipinski definition) is 1. The van der Waals surface area contributed by atoms with Gasteiger partial charge in [-0.05, 0) is 47.8 Å². The fraction of sp³-hybridized carbons (Fsp3) is 0.111. The summed E-state index contributed by atoms with van der Waals surface area (Å²) in [5.41, 5.74) is 0. The molecular formula is C18H16ClNO4S3. The largest absolute Gasteiger partial charge is 0.240 e. The van der Waals surface area contributed by atoms with Crippen LogP contribution in [0.15, 0.2) is 81.9 Å². The second kappa shape index (κ2) is 8.12. The summed E-state index contributed by atoms with van der Waals surface area (Å²) in [4.78, 5) is 0.737. The van der Waals surface area contributed by atoms with Crippen LogP contribution < -0.4 is 4.72 Å². The Morgan fingerprint density at radius 3 is 2.11 bits per heavy atom. The first-order valence-electron chi connectivity index (χ1n) is 7.88. The number of benzene rings is 2. The fourth-order valence-electron chi connectivity index (χ4n) is 2.49. The van der Waals surface area contributed by atoms with Crippen molar-refractivity contribution in [1.29, 1.82) is 0 Å². The molecule has 0 aliphatic carbocycles. The molecule has 1 aromatic heterocycles. The molecule has 9 heteroatoms. The van der Waals surface area contributed by atoms with Crippen molar-refractivity contribution in [2.45, 2.75) is 15.0 Å². The van der Waals surface area contributed by atoms with Crippen molar-refractivity contribution in [3.05, 3.63) is 82.0 Å². The number of hydrogen-bond acceptors (Lipinski definition) is 5. The van der Waals surface area contributed by atoms with Gasteiger partial charge in [-0.2, -0.15) is 0 Å². The molecular weight excluding hydrogens is 426 g/mol. The minimum atomic E-state index is -3.87. The zero-order valence-electron chi connectivity index (χ0n) is 13.9. The summed E-state index contributed by atoms with van der Waals surface area (Å²) in [7, 11) is -7.65. The minimum Gasteiger partial charge on any atom is -0.223 e. The number of halogens is 1. The third kappa shape index (κ3) is 4.59.